The highest BCUT2D eigenvalue weighted by Gasteiger charge is 2.14. The summed E-state index contributed by atoms with van der Waals surface area (Å²) in [5.74, 6) is 2.79. The first-order valence-electron chi connectivity index (χ1n) is 10.0. The molecule has 0 radical (unpaired) electrons. The van der Waals surface area contributed by atoms with E-state index in [0.29, 0.717) is 40.2 Å². The van der Waals surface area contributed by atoms with Crippen molar-refractivity contribution in [3.8, 4) is 45.4 Å². The van der Waals surface area contributed by atoms with Gasteiger partial charge in [0.15, 0.2) is 17.5 Å². The van der Waals surface area contributed by atoms with Crippen LogP contribution in [0.15, 0.2) is 73.4 Å². The van der Waals surface area contributed by atoms with Crippen molar-refractivity contribution in [2.75, 3.05) is 0 Å². The zero-order valence-corrected chi connectivity index (χ0v) is 17.5. The molecule has 0 unspecified atom stereocenters. The molecule has 0 bridgehead atoms. The van der Waals surface area contributed by atoms with Crippen molar-refractivity contribution in [1.82, 2.24) is 39.9 Å². The lowest BCUT2D eigenvalue weighted by Gasteiger charge is -2.08. The fourth-order valence-corrected chi connectivity index (χ4v) is 3.09. The molecule has 0 saturated carbocycles. The molecule has 1 aromatic carbocycles. The maximum atomic E-state index is 4.67. The van der Waals surface area contributed by atoms with Gasteiger partial charge in [0, 0.05) is 42.1 Å². The van der Waals surface area contributed by atoms with E-state index in [1.807, 2.05) is 56.3 Å². The van der Waals surface area contributed by atoms with Crippen LogP contribution in [0.25, 0.3) is 45.4 Å². The number of aromatic nitrogens is 8. The Kier molecular flexibility index (Phi) is 5.09. The number of hydrogen-bond donors (Lipinski definition) is 0. The molecule has 0 atom stereocenters. The van der Waals surface area contributed by atoms with E-state index in [2.05, 4.69) is 39.9 Å². The Morgan fingerprint density at radius 1 is 0.438 bits per heavy atom. The maximum Gasteiger partial charge on any atom is 0.167 e. The maximum absolute atomic E-state index is 4.67. The number of aryl methyl sites for hydroxylation is 2. The van der Waals surface area contributed by atoms with Crippen LogP contribution in [-0.4, -0.2) is 39.9 Å². The average molecular weight is 418 g/mol. The largest absolute Gasteiger partial charge is 0.255 e. The van der Waals surface area contributed by atoms with Crippen LogP contribution in [0.4, 0.5) is 0 Å². The molecule has 5 aromatic rings. The van der Waals surface area contributed by atoms with Crippen LogP contribution < -0.4 is 0 Å². The Balaban J connectivity index is 1.60. The van der Waals surface area contributed by atoms with E-state index in [9.17, 15) is 0 Å². The van der Waals surface area contributed by atoms with Crippen molar-refractivity contribution >= 4 is 0 Å². The number of nitrogens with zero attached hydrogens (tertiary/aromatic N) is 8. The topological polar surface area (TPSA) is 103 Å². The molecule has 0 aliphatic carbocycles. The summed E-state index contributed by atoms with van der Waals surface area (Å²) in [5, 5.41) is 0. The van der Waals surface area contributed by atoms with Crippen LogP contribution in [0.2, 0.25) is 0 Å². The molecule has 0 amide bonds. The van der Waals surface area contributed by atoms with Gasteiger partial charge in [0.1, 0.15) is 11.6 Å². The van der Waals surface area contributed by atoms with Gasteiger partial charge >= 0.3 is 0 Å². The SMILES string of the molecule is Cc1ncc(-c2nc(-c3ccc(-c4ccccc4)nc3)nc(-c3cnc(C)nc3)n2)cn1. The molecule has 0 aliphatic rings. The molecule has 154 valence electrons. The molecule has 0 spiro atoms. The highest BCUT2D eigenvalue weighted by atomic mass is 15.0. The zero-order valence-electron chi connectivity index (χ0n) is 17.5. The molecule has 0 fully saturated rings. The highest BCUT2D eigenvalue weighted by Crippen LogP contribution is 2.25. The van der Waals surface area contributed by atoms with Gasteiger partial charge in [0.2, 0.25) is 0 Å². The Bertz CT molecular complexity index is 1290. The molecule has 4 heterocycles. The predicted molar refractivity (Wildman–Crippen MR) is 120 cm³/mol. The fourth-order valence-electron chi connectivity index (χ4n) is 3.09. The lowest BCUT2D eigenvalue weighted by Crippen LogP contribution is -2.02. The first-order valence-corrected chi connectivity index (χ1v) is 10.0. The van der Waals surface area contributed by atoms with Gasteiger partial charge in [-0.3, -0.25) is 4.98 Å². The van der Waals surface area contributed by atoms with Gasteiger partial charge in [0.05, 0.1) is 16.8 Å². The van der Waals surface area contributed by atoms with E-state index in [1.54, 1.807) is 31.0 Å². The summed E-state index contributed by atoms with van der Waals surface area (Å²) in [4.78, 5) is 35.6. The standard InChI is InChI=1S/C24H18N8/c1-15-25-11-19(12-26-15)23-30-22(31-24(32-23)20-13-27-16(2)28-14-20)18-8-9-21(29-10-18)17-6-4-3-5-7-17/h3-14H,1-2H3. The summed E-state index contributed by atoms with van der Waals surface area (Å²) in [6.45, 7) is 3.66. The van der Waals surface area contributed by atoms with Gasteiger partial charge in [0.25, 0.3) is 0 Å². The van der Waals surface area contributed by atoms with Crippen molar-refractivity contribution in [2.24, 2.45) is 0 Å². The molecule has 0 saturated heterocycles. The van der Waals surface area contributed by atoms with Crippen LogP contribution in [0.1, 0.15) is 11.6 Å². The predicted octanol–water partition coefficient (Wildman–Crippen LogP) is 4.13. The van der Waals surface area contributed by atoms with Crippen LogP contribution in [-0.2, 0) is 0 Å². The molecule has 0 aliphatic heterocycles. The van der Waals surface area contributed by atoms with Gasteiger partial charge in [-0.2, -0.15) is 0 Å². The second kappa shape index (κ2) is 8.35. The third-order valence-electron chi connectivity index (χ3n) is 4.80. The summed E-state index contributed by atoms with van der Waals surface area (Å²) in [7, 11) is 0. The van der Waals surface area contributed by atoms with Gasteiger partial charge in [-0.05, 0) is 26.0 Å². The first kappa shape index (κ1) is 19.5. The minimum atomic E-state index is 0.470. The lowest BCUT2D eigenvalue weighted by molar-refractivity contribution is 1.01. The molecule has 32 heavy (non-hydrogen) atoms. The minimum absolute atomic E-state index is 0.470. The summed E-state index contributed by atoms with van der Waals surface area (Å²) in [5.41, 5.74) is 4.09. The number of hydrogen-bond acceptors (Lipinski definition) is 8. The highest BCUT2D eigenvalue weighted by molar-refractivity contribution is 5.67. The van der Waals surface area contributed by atoms with Gasteiger partial charge in [-0.15, -0.1) is 0 Å². The normalized spacial score (nSPS) is 10.8. The summed E-state index contributed by atoms with van der Waals surface area (Å²) < 4.78 is 0. The van der Waals surface area contributed by atoms with E-state index < -0.39 is 0 Å². The smallest absolute Gasteiger partial charge is 0.167 e. The van der Waals surface area contributed by atoms with E-state index in [0.717, 1.165) is 16.8 Å². The van der Waals surface area contributed by atoms with E-state index in [-0.39, 0.29) is 0 Å². The van der Waals surface area contributed by atoms with Crippen LogP contribution in [0, 0.1) is 13.8 Å². The quantitative estimate of drug-likeness (QED) is 0.429. The van der Waals surface area contributed by atoms with E-state index >= 15 is 0 Å². The monoisotopic (exact) mass is 418 g/mol. The third-order valence-corrected chi connectivity index (χ3v) is 4.80. The van der Waals surface area contributed by atoms with Crippen LogP contribution in [0.3, 0.4) is 0 Å². The first-order chi connectivity index (χ1) is 15.7. The molecular formula is C24H18N8. The minimum Gasteiger partial charge on any atom is -0.255 e. The van der Waals surface area contributed by atoms with Crippen molar-refractivity contribution in [3.05, 3.63) is 85.1 Å². The molecule has 4 aromatic heterocycles. The molecular weight excluding hydrogens is 400 g/mol. The molecule has 8 heteroatoms. The van der Waals surface area contributed by atoms with Gasteiger partial charge in [-0.1, -0.05) is 30.3 Å². The number of rotatable bonds is 4. The summed E-state index contributed by atoms with van der Waals surface area (Å²) in [6.07, 6.45) is 8.57. The number of pyridine rings is 1. The van der Waals surface area contributed by atoms with Crippen LogP contribution >= 0.6 is 0 Å². The van der Waals surface area contributed by atoms with Crippen molar-refractivity contribution in [2.45, 2.75) is 13.8 Å². The Labute approximate surface area is 184 Å². The average Bonchev–Trinajstić information content (AvgIpc) is 2.85. The van der Waals surface area contributed by atoms with Crippen LogP contribution in [0.5, 0.6) is 0 Å². The summed E-state index contributed by atoms with van der Waals surface area (Å²) >= 11 is 0. The fraction of sp³-hybridized carbons (Fsp3) is 0.0833. The molecule has 0 N–H and O–H groups in total. The second-order valence-corrected chi connectivity index (χ2v) is 7.14. The van der Waals surface area contributed by atoms with E-state index in [4.69, 9.17) is 0 Å². The van der Waals surface area contributed by atoms with Crippen molar-refractivity contribution in [3.63, 3.8) is 0 Å². The van der Waals surface area contributed by atoms with Gasteiger partial charge < -0.3 is 0 Å². The Morgan fingerprint density at radius 2 is 0.906 bits per heavy atom. The Morgan fingerprint density at radius 3 is 1.38 bits per heavy atom. The van der Waals surface area contributed by atoms with Crippen molar-refractivity contribution < 1.29 is 0 Å². The zero-order chi connectivity index (χ0) is 21.9. The Hall–Kier alpha value is -4.46. The third kappa shape index (κ3) is 4.06. The number of benzene rings is 1. The van der Waals surface area contributed by atoms with E-state index in [1.165, 1.54) is 0 Å². The lowest BCUT2D eigenvalue weighted by atomic mass is 10.1. The van der Waals surface area contributed by atoms with Gasteiger partial charge in [-0.25, -0.2) is 34.9 Å². The second-order valence-electron chi connectivity index (χ2n) is 7.14. The van der Waals surface area contributed by atoms with Crippen molar-refractivity contribution in [1.29, 1.82) is 0 Å². The molecule has 8 nitrogen and oxygen atoms in total. The summed E-state index contributed by atoms with van der Waals surface area (Å²) in [6, 6.07) is 13.9. The molecule has 5 rings (SSSR count).